The van der Waals surface area contributed by atoms with E-state index in [0.29, 0.717) is 6.42 Å². The van der Waals surface area contributed by atoms with Crippen LogP contribution in [0.2, 0.25) is 0 Å². The first-order valence-electron chi connectivity index (χ1n) is 9.18. The molecule has 0 spiro atoms. The van der Waals surface area contributed by atoms with Crippen molar-refractivity contribution in [3.8, 4) is 0 Å². The standard InChI is InChI=1S/C20H24N2O7/c1-11(2)9-15(20(27)28-4)21-16(23)10-29-19(26)12(3)22-17(24)13-7-5-6-8-14(13)18(22)25/h5-8,11-12,15H,9-10H2,1-4H3,(H,21,23)/t12-,15-/m1/s1. The van der Waals surface area contributed by atoms with E-state index in [0.717, 1.165) is 4.90 Å². The number of esters is 2. The minimum atomic E-state index is -1.21. The summed E-state index contributed by atoms with van der Waals surface area (Å²) in [7, 11) is 1.21. The van der Waals surface area contributed by atoms with Crippen molar-refractivity contribution in [2.75, 3.05) is 13.7 Å². The third kappa shape index (κ3) is 4.98. The smallest absolute Gasteiger partial charge is 0.329 e. The summed E-state index contributed by atoms with van der Waals surface area (Å²) in [5, 5.41) is 2.46. The van der Waals surface area contributed by atoms with E-state index < -0.39 is 48.4 Å². The number of nitrogens with one attached hydrogen (secondary N) is 1. The number of methoxy groups -OCH3 is 1. The molecule has 9 heteroatoms. The van der Waals surface area contributed by atoms with Crippen molar-refractivity contribution >= 4 is 29.7 Å². The van der Waals surface area contributed by atoms with Crippen molar-refractivity contribution < 1.29 is 33.4 Å². The highest BCUT2D eigenvalue weighted by molar-refractivity contribution is 6.22. The van der Waals surface area contributed by atoms with E-state index in [4.69, 9.17) is 4.74 Å². The SMILES string of the molecule is COC(=O)[C@@H](CC(C)C)NC(=O)COC(=O)[C@@H](C)N1C(=O)c2ccccc2C1=O. The summed E-state index contributed by atoms with van der Waals surface area (Å²) in [5.41, 5.74) is 0.425. The van der Waals surface area contributed by atoms with Gasteiger partial charge in [0.15, 0.2) is 6.61 Å². The lowest BCUT2D eigenvalue weighted by molar-refractivity contribution is -0.153. The van der Waals surface area contributed by atoms with Gasteiger partial charge >= 0.3 is 11.9 Å². The highest BCUT2D eigenvalue weighted by Gasteiger charge is 2.41. The molecule has 2 atom stereocenters. The number of benzene rings is 1. The van der Waals surface area contributed by atoms with Crippen LogP contribution in [0.25, 0.3) is 0 Å². The van der Waals surface area contributed by atoms with Gasteiger partial charge in [-0.25, -0.2) is 9.59 Å². The molecule has 0 saturated heterocycles. The third-order valence-electron chi connectivity index (χ3n) is 4.43. The molecule has 29 heavy (non-hydrogen) atoms. The van der Waals surface area contributed by atoms with Crippen LogP contribution in [0.3, 0.4) is 0 Å². The van der Waals surface area contributed by atoms with Crippen LogP contribution >= 0.6 is 0 Å². The van der Waals surface area contributed by atoms with E-state index in [1.54, 1.807) is 12.1 Å². The Morgan fingerprint density at radius 2 is 1.55 bits per heavy atom. The fourth-order valence-corrected chi connectivity index (χ4v) is 2.99. The average Bonchev–Trinajstić information content (AvgIpc) is 2.94. The molecule has 0 fully saturated rings. The number of imide groups is 1. The van der Waals surface area contributed by atoms with Gasteiger partial charge in [0.2, 0.25) is 0 Å². The zero-order valence-electron chi connectivity index (χ0n) is 16.8. The quantitative estimate of drug-likeness (QED) is 0.505. The van der Waals surface area contributed by atoms with Gasteiger partial charge in [-0.3, -0.25) is 19.3 Å². The summed E-state index contributed by atoms with van der Waals surface area (Å²) in [6.07, 6.45) is 0.359. The van der Waals surface area contributed by atoms with Crippen LogP contribution in [0.1, 0.15) is 47.9 Å². The number of ether oxygens (including phenoxy) is 2. The maximum Gasteiger partial charge on any atom is 0.329 e. The number of nitrogens with zero attached hydrogens (tertiary/aromatic N) is 1. The largest absolute Gasteiger partial charge is 0.467 e. The van der Waals surface area contributed by atoms with Crippen LogP contribution in [0.4, 0.5) is 0 Å². The van der Waals surface area contributed by atoms with Gasteiger partial charge in [-0.15, -0.1) is 0 Å². The Balaban J connectivity index is 1.95. The number of hydrogen-bond acceptors (Lipinski definition) is 7. The summed E-state index contributed by atoms with van der Waals surface area (Å²) >= 11 is 0. The van der Waals surface area contributed by atoms with Crippen molar-refractivity contribution in [1.82, 2.24) is 10.2 Å². The van der Waals surface area contributed by atoms with Crippen LogP contribution < -0.4 is 5.32 Å². The molecule has 1 aliphatic rings. The van der Waals surface area contributed by atoms with E-state index in [1.165, 1.54) is 26.2 Å². The lowest BCUT2D eigenvalue weighted by atomic mass is 10.0. The minimum absolute atomic E-state index is 0.121. The second kappa shape index (κ2) is 9.31. The van der Waals surface area contributed by atoms with Gasteiger partial charge in [0, 0.05) is 0 Å². The van der Waals surface area contributed by atoms with Crippen LogP contribution in [-0.2, 0) is 23.9 Å². The molecule has 1 aliphatic heterocycles. The minimum Gasteiger partial charge on any atom is -0.467 e. The summed E-state index contributed by atoms with van der Waals surface area (Å²) in [6.45, 7) is 4.45. The fourth-order valence-electron chi connectivity index (χ4n) is 2.99. The fraction of sp³-hybridized carbons (Fsp3) is 0.450. The molecule has 2 rings (SSSR count). The molecular weight excluding hydrogens is 380 g/mol. The van der Waals surface area contributed by atoms with E-state index in [9.17, 15) is 24.0 Å². The lowest BCUT2D eigenvalue weighted by Gasteiger charge is -2.21. The van der Waals surface area contributed by atoms with Crippen molar-refractivity contribution in [3.63, 3.8) is 0 Å². The molecule has 0 unspecified atom stereocenters. The number of amides is 3. The van der Waals surface area contributed by atoms with Crippen molar-refractivity contribution in [2.45, 2.75) is 39.3 Å². The molecule has 156 valence electrons. The first-order valence-corrected chi connectivity index (χ1v) is 9.18. The molecule has 0 saturated carbocycles. The number of carbonyl (C=O) groups is 5. The maximum absolute atomic E-state index is 12.4. The molecule has 0 radical (unpaired) electrons. The van der Waals surface area contributed by atoms with Crippen LogP contribution in [-0.4, -0.2) is 60.4 Å². The predicted molar refractivity (Wildman–Crippen MR) is 101 cm³/mol. The number of carbonyl (C=O) groups excluding carboxylic acids is 5. The van der Waals surface area contributed by atoms with Crippen molar-refractivity contribution in [1.29, 1.82) is 0 Å². The molecule has 0 aliphatic carbocycles. The molecule has 1 aromatic carbocycles. The van der Waals surface area contributed by atoms with Crippen molar-refractivity contribution in [2.24, 2.45) is 5.92 Å². The predicted octanol–water partition coefficient (Wildman–Crippen LogP) is 0.918. The van der Waals surface area contributed by atoms with Gasteiger partial charge in [-0.2, -0.15) is 0 Å². The van der Waals surface area contributed by atoms with E-state index in [2.05, 4.69) is 10.1 Å². The topological polar surface area (TPSA) is 119 Å². The average molecular weight is 404 g/mol. The molecular formula is C20H24N2O7. The van der Waals surface area contributed by atoms with E-state index in [1.807, 2.05) is 13.8 Å². The molecule has 1 N–H and O–H groups in total. The zero-order chi connectivity index (χ0) is 21.7. The van der Waals surface area contributed by atoms with Gasteiger partial charge < -0.3 is 14.8 Å². The molecule has 1 heterocycles. The van der Waals surface area contributed by atoms with Gasteiger partial charge in [0.1, 0.15) is 12.1 Å². The Kier molecular flexibility index (Phi) is 7.08. The third-order valence-corrected chi connectivity index (χ3v) is 4.43. The first kappa shape index (κ1) is 22.1. The molecule has 1 aromatic rings. The molecule has 9 nitrogen and oxygen atoms in total. The summed E-state index contributed by atoms with van der Waals surface area (Å²) in [6, 6.07) is 4.18. The highest BCUT2D eigenvalue weighted by Crippen LogP contribution is 2.24. The number of fused-ring (bicyclic) bond motifs is 1. The van der Waals surface area contributed by atoms with E-state index >= 15 is 0 Å². The Labute approximate surface area is 168 Å². The maximum atomic E-state index is 12.4. The van der Waals surface area contributed by atoms with Gasteiger partial charge in [-0.05, 0) is 31.4 Å². The Morgan fingerprint density at radius 3 is 2.03 bits per heavy atom. The van der Waals surface area contributed by atoms with Crippen LogP contribution in [0.5, 0.6) is 0 Å². The lowest BCUT2D eigenvalue weighted by Crippen LogP contribution is -2.46. The van der Waals surface area contributed by atoms with Crippen LogP contribution in [0, 0.1) is 5.92 Å². The Morgan fingerprint density at radius 1 is 1.00 bits per heavy atom. The zero-order valence-corrected chi connectivity index (χ0v) is 16.8. The van der Waals surface area contributed by atoms with Gasteiger partial charge in [-0.1, -0.05) is 26.0 Å². The second-order valence-electron chi connectivity index (χ2n) is 7.08. The first-order chi connectivity index (χ1) is 13.7. The summed E-state index contributed by atoms with van der Waals surface area (Å²) in [5.74, 6) is -3.27. The van der Waals surface area contributed by atoms with Gasteiger partial charge in [0.25, 0.3) is 17.7 Å². The van der Waals surface area contributed by atoms with Crippen LogP contribution in [0.15, 0.2) is 24.3 Å². The normalized spacial score (nSPS) is 15.0. The Hall–Kier alpha value is -3.23. The summed E-state index contributed by atoms with van der Waals surface area (Å²) < 4.78 is 9.60. The van der Waals surface area contributed by atoms with Gasteiger partial charge in [0.05, 0.1) is 18.2 Å². The number of rotatable bonds is 8. The van der Waals surface area contributed by atoms with E-state index in [-0.39, 0.29) is 17.0 Å². The molecule has 0 aromatic heterocycles. The monoisotopic (exact) mass is 404 g/mol. The molecule has 0 bridgehead atoms. The highest BCUT2D eigenvalue weighted by atomic mass is 16.5. The van der Waals surface area contributed by atoms with Crippen molar-refractivity contribution in [3.05, 3.63) is 35.4 Å². The summed E-state index contributed by atoms with van der Waals surface area (Å²) in [4.78, 5) is 61.7. The second-order valence-corrected chi connectivity index (χ2v) is 7.08. The number of hydrogen-bond donors (Lipinski definition) is 1. The molecule has 3 amide bonds. The Bertz CT molecular complexity index is 799.